The summed E-state index contributed by atoms with van der Waals surface area (Å²) in [4.78, 5) is 11.9. The monoisotopic (exact) mass is 201 g/mol. The van der Waals surface area contributed by atoms with Gasteiger partial charge in [-0.3, -0.25) is 4.79 Å². The Hall–Kier alpha value is -0.670. The van der Waals surface area contributed by atoms with Gasteiger partial charge in [0.1, 0.15) is 0 Å². The number of carbonyl (C=O) groups is 1. The van der Waals surface area contributed by atoms with Crippen molar-refractivity contribution in [2.24, 2.45) is 0 Å². The Morgan fingerprint density at radius 3 is 2.83 bits per heavy atom. The summed E-state index contributed by atoms with van der Waals surface area (Å²) in [6.45, 7) is 0. The molecule has 1 aromatic rings. The summed E-state index contributed by atoms with van der Waals surface area (Å²) < 4.78 is 0. The summed E-state index contributed by atoms with van der Waals surface area (Å²) in [6.07, 6.45) is 0. The van der Waals surface area contributed by atoms with E-state index in [1.165, 1.54) is 0 Å². The second kappa shape index (κ2) is 3.83. The van der Waals surface area contributed by atoms with E-state index in [-0.39, 0.29) is 5.91 Å². The fraction of sp³-hybridized carbons (Fsp3) is 0.125. The molecule has 0 atom stereocenters. The molecule has 0 aliphatic rings. The van der Waals surface area contributed by atoms with Crippen LogP contribution in [0.25, 0.3) is 0 Å². The molecule has 0 saturated carbocycles. The van der Waals surface area contributed by atoms with Crippen molar-refractivity contribution >= 4 is 30.1 Å². The average molecular weight is 202 g/mol. The summed E-state index contributed by atoms with van der Waals surface area (Å²) in [5.74, 6) is -0.198. The Labute approximate surface area is 81.3 Å². The number of amides is 1. The lowest BCUT2D eigenvalue weighted by Crippen LogP contribution is -2.18. The maximum atomic E-state index is 11.2. The molecule has 4 heteroatoms. The Bertz CT molecular complexity index is 314. The maximum absolute atomic E-state index is 11.2. The first-order valence-corrected chi connectivity index (χ1v) is 4.18. The highest BCUT2D eigenvalue weighted by Crippen LogP contribution is 2.19. The summed E-state index contributed by atoms with van der Waals surface area (Å²) in [7, 11) is 1.56. The number of halogens is 1. The third-order valence-electron chi connectivity index (χ3n) is 1.42. The van der Waals surface area contributed by atoms with Crippen LogP contribution in [0.2, 0.25) is 5.02 Å². The quantitative estimate of drug-likeness (QED) is 0.669. The van der Waals surface area contributed by atoms with E-state index in [4.69, 9.17) is 11.6 Å². The average Bonchev–Trinajstić information content (AvgIpc) is 2.08. The summed E-state index contributed by atoms with van der Waals surface area (Å²) in [6, 6.07) is 5.01. The zero-order chi connectivity index (χ0) is 9.14. The molecule has 2 nitrogen and oxygen atoms in total. The molecular weight excluding hydrogens is 194 g/mol. The fourth-order valence-corrected chi connectivity index (χ4v) is 1.23. The molecule has 1 amide bonds. The van der Waals surface area contributed by atoms with E-state index in [2.05, 4.69) is 17.9 Å². The van der Waals surface area contributed by atoms with Crippen molar-refractivity contribution in [1.82, 2.24) is 5.32 Å². The summed E-state index contributed by atoms with van der Waals surface area (Å²) in [5, 5.41) is 2.93. The smallest absolute Gasteiger partial charge is 0.252 e. The highest BCUT2D eigenvalue weighted by Gasteiger charge is 2.07. The number of nitrogens with one attached hydrogen (secondary N) is 1. The van der Waals surface area contributed by atoms with Crippen LogP contribution in [-0.4, -0.2) is 13.0 Å². The van der Waals surface area contributed by atoms with Crippen LogP contribution in [0.1, 0.15) is 10.4 Å². The van der Waals surface area contributed by atoms with Crippen LogP contribution < -0.4 is 5.32 Å². The van der Waals surface area contributed by atoms with Crippen molar-refractivity contribution in [3.8, 4) is 0 Å². The van der Waals surface area contributed by atoms with Gasteiger partial charge in [0.15, 0.2) is 0 Å². The van der Waals surface area contributed by atoms with E-state index in [1.54, 1.807) is 25.2 Å². The lowest BCUT2D eigenvalue weighted by Gasteiger charge is -2.02. The van der Waals surface area contributed by atoms with Gasteiger partial charge in [0.2, 0.25) is 0 Å². The molecule has 0 saturated heterocycles. The molecule has 1 rings (SSSR count). The zero-order valence-electron chi connectivity index (χ0n) is 6.47. The second-order valence-electron chi connectivity index (χ2n) is 2.24. The van der Waals surface area contributed by atoms with Gasteiger partial charge < -0.3 is 5.32 Å². The van der Waals surface area contributed by atoms with Crippen LogP contribution >= 0.6 is 24.2 Å². The zero-order valence-corrected chi connectivity index (χ0v) is 8.12. The van der Waals surface area contributed by atoms with Crippen LogP contribution in [0.3, 0.4) is 0 Å². The molecule has 0 aliphatic heterocycles. The first-order chi connectivity index (χ1) is 5.65. The molecule has 0 heterocycles. The molecule has 0 aromatic heterocycles. The highest BCUT2D eigenvalue weighted by atomic mass is 35.5. The predicted molar refractivity (Wildman–Crippen MR) is 52.1 cm³/mol. The van der Waals surface area contributed by atoms with Crippen molar-refractivity contribution in [3.63, 3.8) is 0 Å². The van der Waals surface area contributed by atoms with Crippen LogP contribution in [0.5, 0.6) is 0 Å². The summed E-state index contributed by atoms with van der Waals surface area (Å²) in [5.41, 5.74) is 0.451. The Kier molecular flexibility index (Phi) is 3.00. The van der Waals surface area contributed by atoms with E-state index >= 15 is 0 Å². The maximum Gasteiger partial charge on any atom is 0.252 e. The number of benzene rings is 1. The number of rotatable bonds is 1. The van der Waals surface area contributed by atoms with Crippen molar-refractivity contribution < 1.29 is 4.79 Å². The van der Waals surface area contributed by atoms with E-state index < -0.39 is 0 Å². The standard InChI is InChI=1S/C8H8ClNOS/c1-10-8(11)6-4-5(12)2-3-7(6)9/h2-4,12H,1H3,(H,10,11). The Morgan fingerprint density at radius 2 is 2.25 bits per heavy atom. The van der Waals surface area contributed by atoms with Crippen molar-refractivity contribution in [2.75, 3.05) is 7.05 Å². The number of thiol groups is 1. The molecule has 1 N–H and O–H groups in total. The van der Waals surface area contributed by atoms with Crippen LogP contribution in [0.15, 0.2) is 23.1 Å². The van der Waals surface area contributed by atoms with Crippen LogP contribution in [-0.2, 0) is 0 Å². The van der Waals surface area contributed by atoms with Crippen molar-refractivity contribution in [1.29, 1.82) is 0 Å². The van der Waals surface area contributed by atoms with Crippen LogP contribution in [0.4, 0.5) is 0 Å². The molecular formula is C8H8ClNOS. The minimum Gasteiger partial charge on any atom is -0.355 e. The SMILES string of the molecule is CNC(=O)c1cc(S)ccc1Cl. The Morgan fingerprint density at radius 1 is 1.58 bits per heavy atom. The van der Waals surface area contributed by atoms with Crippen molar-refractivity contribution in [3.05, 3.63) is 28.8 Å². The second-order valence-corrected chi connectivity index (χ2v) is 3.17. The Balaban J connectivity index is 3.13. The van der Waals surface area contributed by atoms with Gasteiger partial charge >= 0.3 is 0 Å². The molecule has 1 aromatic carbocycles. The minimum absolute atomic E-state index is 0.198. The minimum atomic E-state index is -0.198. The topological polar surface area (TPSA) is 29.1 Å². The third-order valence-corrected chi connectivity index (χ3v) is 2.03. The van der Waals surface area contributed by atoms with Gasteiger partial charge in [-0.15, -0.1) is 12.6 Å². The van der Waals surface area contributed by atoms with Gasteiger partial charge in [-0.1, -0.05) is 11.6 Å². The van der Waals surface area contributed by atoms with Gasteiger partial charge in [0.05, 0.1) is 10.6 Å². The molecule has 12 heavy (non-hydrogen) atoms. The first kappa shape index (κ1) is 9.42. The fourth-order valence-electron chi connectivity index (χ4n) is 0.822. The van der Waals surface area contributed by atoms with E-state index in [1.807, 2.05) is 0 Å². The normalized spacial score (nSPS) is 9.58. The largest absolute Gasteiger partial charge is 0.355 e. The summed E-state index contributed by atoms with van der Waals surface area (Å²) >= 11 is 9.87. The van der Waals surface area contributed by atoms with Gasteiger partial charge in [-0.25, -0.2) is 0 Å². The van der Waals surface area contributed by atoms with Crippen LogP contribution in [0, 0.1) is 0 Å². The first-order valence-electron chi connectivity index (χ1n) is 3.35. The molecule has 0 unspecified atom stereocenters. The molecule has 0 bridgehead atoms. The van der Waals surface area contributed by atoms with Gasteiger partial charge in [0.25, 0.3) is 5.91 Å². The number of hydrogen-bond acceptors (Lipinski definition) is 2. The highest BCUT2D eigenvalue weighted by molar-refractivity contribution is 7.80. The van der Waals surface area contributed by atoms with Gasteiger partial charge in [-0.2, -0.15) is 0 Å². The van der Waals surface area contributed by atoms with Gasteiger partial charge in [0, 0.05) is 11.9 Å². The predicted octanol–water partition coefficient (Wildman–Crippen LogP) is 1.99. The molecule has 0 spiro atoms. The molecule has 0 fully saturated rings. The van der Waals surface area contributed by atoms with E-state index in [0.29, 0.717) is 10.6 Å². The number of carbonyl (C=O) groups excluding carboxylic acids is 1. The molecule has 0 aliphatic carbocycles. The number of hydrogen-bond donors (Lipinski definition) is 2. The lowest BCUT2D eigenvalue weighted by atomic mass is 10.2. The lowest BCUT2D eigenvalue weighted by molar-refractivity contribution is 0.0963. The third kappa shape index (κ3) is 1.93. The van der Waals surface area contributed by atoms with E-state index in [9.17, 15) is 4.79 Å². The van der Waals surface area contributed by atoms with Gasteiger partial charge in [-0.05, 0) is 18.2 Å². The van der Waals surface area contributed by atoms with E-state index in [0.717, 1.165) is 4.90 Å². The molecule has 0 radical (unpaired) electrons. The van der Waals surface area contributed by atoms with Crippen molar-refractivity contribution in [2.45, 2.75) is 4.90 Å². The molecule has 64 valence electrons.